The highest BCUT2D eigenvalue weighted by Crippen LogP contribution is 2.28. The molecule has 0 aliphatic heterocycles. The van der Waals surface area contributed by atoms with Gasteiger partial charge in [0, 0.05) is 12.1 Å². The molecule has 0 amide bonds. The van der Waals surface area contributed by atoms with E-state index in [1.54, 1.807) is 25.1 Å². The van der Waals surface area contributed by atoms with Crippen LogP contribution in [0, 0.1) is 10.1 Å². The lowest BCUT2D eigenvalue weighted by Gasteiger charge is -2.20. The maximum Gasteiger partial charge on any atom is 0.344 e. The van der Waals surface area contributed by atoms with E-state index in [0.717, 1.165) is 0 Å². The zero-order chi connectivity index (χ0) is 22.1. The van der Waals surface area contributed by atoms with Crippen LogP contribution < -0.4 is 10.1 Å². The van der Waals surface area contributed by atoms with E-state index in [9.17, 15) is 25.1 Å². The number of nitrogens with zero attached hydrogens (tertiary/aromatic N) is 1. The Hall–Kier alpha value is -3.17. The summed E-state index contributed by atoms with van der Waals surface area (Å²) in [6.07, 6.45) is -0.273. The Bertz CT molecular complexity index is 855. The fourth-order valence-electron chi connectivity index (χ4n) is 2.84. The van der Waals surface area contributed by atoms with Crippen molar-refractivity contribution in [3.05, 3.63) is 63.7 Å². The van der Waals surface area contributed by atoms with Gasteiger partial charge in [0.15, 0.2) is 12.4 Å². The number of phenolic OH excluding ortho intramolecular Hbond substituents is 1. The molecular weight excluding hydrogens is 392 g/mol. The van der Waals surface area contributed by atoms with Crippen molar-refractivity contribution in [3.8, 4) is 11.5 Å². The smallest absolute Gasteiger partial charge is 0.344 e. The molecule has 9 nitrogen and oxygen atoms in total. The number of aliphatic hydroxyl groups is 1. The van der Waals surface area contributed by atoms with E-state index in [1.165, 1.54) is 24.3 Å². The van der Waals surface area contributed by atoms with Gasteiger partial charge < -0.3 is 25.0 Å². The summed E-state index contributed by atoms with van der Waals surface area (Å²) in [5.74, 6) is -0.468. The number of phenols is 1. The summed E-state index contributed by atoms with van der Waals surface area (Å²) in [6, 6.07) is 10.6. The van der Waals surface area contributed by atoms with Gasteiger partial charge in [-0.15, -0.1) is 0 Å². The average molecular weight is 418 g/mol. The first-order valence-electron chi connectivity index (χ1n) is 9.58. The second kappa shape index (κ2) is 11.1. The number of aromatic hydroxyl groups is 1. The summed E-state index contributed by atoms with van der Waals surface area (Å²) in [5, 5.41) is 34.2. The third kappa shape index (κ3) is 6.71. The Morgan fingerprint density at radius 2 is 1.93 bits per heavy atom. The third-order valence-electron chi connectivity index (χ3n) is 4.46. The Labute approximate surface area is 174 Å². The van der Waals surface area contributed by atoms with Crippen LogP contribution >= 0.6 is 0 Å². The number of esters is 1. The first kappa shape index (κ1) is 23.1. The minimum absolute atomic E-state index is 0.000817. The van der Waals surface area contributed by atoms with Gasteiger partial charge >= 0.3 is 11.7 Å². The molecule has 0 spiro atoms. The van der Waals surface area contributed by atoms with Gasteiger partial charge in [0.1, 0.15) is 5.75 Å². The van der Waals surface area contributed by atoms with Gasteiger partial charge in [0.2, 0.25) is 0 Å². The molecule has 0 saturated carbocycles. The Balaban J connectivity index is 1.93. The molecule has 2 unspecified atom stereocenters. The molecule has 2 rings (SSSR count). The maximum absolute atomic E-state index is 11.4. The normalized spacial score (nSPS) is 12.8. The number of hydrogen-bond donors (Lipinski definition) is 3. The molecule has 0 aromatic heterocycles. The number of nitrogens with one attached hydrogen (secondary N) is 1. The molecule has 3 N–H and O–H groups in total. The predicted octanol–water partition coefficient (Wildman–Crippen LogP) is 2.50. The minimum Gasteiger partial charge on any atom is -0.508 e. The molecule has 0 saturated heterocycles. The Kier molecular flexibility index (Phi) is 8.57. The average Bonchev–Trinajstić information content (AvgIpc) is 2.72. The van der Waals surface area contributed by atoms with Crippen LogP contribution in [0.3, 0.4) is 0 Å². The van der Waals surface area contributed by atoms with E-state index in [1.807, 2.05) is 6.92 Å². The van der Waals surface area contributed by atoms with Gasteiger partial charge in [-0.2, -0.15) is 0 Å². The van der Waals surface area contributed by atoms with E-state index < -0.39 is 23.6 Å². The zero-order valence-electron chi connectivity index (χ0n) is 16.9. The molecule has 2 aromatic rings. The highest BCUT2D eigenvalue weighted by atomic mass is 16.6. The van der Waals surface area contributed by atoms with E-state index >= 15 is 0 Å². The molecule has 162 valence electrons. The minimum atomic E-state index is -0.765. The summed E-state index contributed by atoms with van der Waals surface area (Å²) in [6.45, 7) is 3.77. The summed E-state index contributed by atoms with van der Waals surface area (Å²) in [4.78, 5) is 22.2. The fraction of sp³-hybridized carbons (Fsp3) is 0.381. The van der Waals surface area contributed by atoms with Crippen molar-refractivity contribution in [3.63, 3.8) is 0 Å². The van der Waals surface area contributed by atoms with Gasteiger partial charge in [0.25, 0.3) is 0 Å². The SMILES string of the molecule is CCOC(=O)COc1ccc(CCNC(C)C(O)c2ccc(O)cc2)cc1[N+](=O)[O-]. The van der Waals surface area contributed by atoms with Crippen molar-refractivity contribution in [1.82, 2.24) is 5.32 Å². The van der Waals surface area contributed by atoms with Crippen molar-refractivity contribution >= 4 is 11.7 Å². The zero-order valence-corrected chi connectivity index (χ0v) is 16.9. The number of ether oxygens (including phenoxy) is 2. The van der Waals surface area contributed by atoms with Crippen molar-refractivity contribution in [1.29, 1.82) is 0 Å². The molecule has 0 aliphatic carbocycles. The molecule has 0 radical (unpaired) electrons. The quantitative estimate of drug-likeness (QED) is 0.288. The van der Waals surface area contributed by atoms with Crippen molar-refractivity contribution < 1.29 is 29.4 Å². The number of aliphatic hydroxyl groups excluding tert-OH is 1. The monoisotopic (exact) mass is 418 g/mol. The van der Waals surface area contributed by atoms with Crippen LogP contribution in [-0.2, 0) is 16.0 Å². The van der Waals surface area contributed by atoms with E-state index in [4.69, 9.17) is 9.47 Å². The summed E-state index contributed by atoms with van der Waals surface area (Å²) in [5.41, 5.74) is 1.16. The number of rotatable bonds is 11. The lowest BCUT2D eigenvalue weighted by atomic mass is 10.0. The summed E-state index contributed by atoms with van der Waals surface area (Å²) >= 11 is 0. The van der Waals surface area contributed by atoms with Gasteiger partial charge in [-0.05, 0) is 56.1 Å². The lowest BCUT2D eigenvalue weighted by molar-refractivity contribution is -0.385. The van der Waals surface area contributed by atoms with Gasteiger partial charge in [-0.3, -0.25) is 10.1 Å². The number of benzene rings is 2. The molecule has 0 bridgehead atoms. The fourth-order valence-corrected chi connectivity index (χ4v) is 2.84. The topological polar surface area (TPSA) is 131 Å². The summed E-state index contributed by atoms with van der Waals surface area (Å²) in [7, 11) is 0. The second-order valence-electron chi connectivity index (χ2n) is 6.68. The largest absolute Gasteiger partial charge is 0.508 e. The first-order valence-corrected chi connectivity index (χ1v) is 9.58. The molecule has 0 aliphatic rings. The van der Waals surface area contributed by atoms with Gasteiger partial charge in [-0.25, -0.2) is 4.79 Å². The molecule has 9 heteroatoms. The van der Waals surface area contributed by atoms with Crippen molar-refractivity contribution in [2.75, 3.05) is 19.8 Å². The molecule has 30 heavy (non-hydrogen) atoms. The molecule has 2 atom stereocenters. The molecule has 2 aromatic carbocycles. The number of carbonyl (C=O) groups excluding carboxylic acids is 1. The van der Waals surface area contributed by atoms with Crippen LogP contribution in [-0.4, -0.2) is 46.9 Å². The molecular formula is C21H26N2O7. The van der Waals surface area contributed by atoms with Gasteiger partial charge in [-0.1, -0.05) is 18.2 Å². The number of nitro groups is 1. The third-order valence-corrected chi connectivity index (χ3v) is 4.46. The van der Waals surface area contributed by atoms with Crippen LogP contribution in [0.15, 0.2) is 42.5 Å². The maximum atomic E-state index is 11.4. The number of hydrogen-bond acceptors (Lipinski definition) is 8. The lowest BCUT2D eigenvalue weighted by Crippen LogP contribution is -2.33. The van der Waals surface area contributed by atoms with Crippen LogP contribution in [0.2, 0.25) is 0 Å². The highest BCUT2D eigenvalue weighted by Gasteiger charge is 2.19. The summed E-state index contributed by atoms with van der Waals surface area (Å²) < 4.78 is 9.96. The highest BCUT2D eigenvalue weighted by molar-refractivity contribution is 5.71. The van der Waals surface area contributed by atoms with Crippen LogP contribution in [0.4, 0.5) is 5.69 Å². The number of nitro benzene ring substituents is 1. The van der Waals surface area contributed by atoms with Crippen molar-refractivity contribution in [2.24, 2.45) is 0 Å². The second-order valence-corrected chi connectivity index (χ2v) is 6.68. The Morgan fingerprint density at radius 3 is 2.57 bits per heavy atom. The van der Waals surface area contributed by atoms with Crippen molar-refractivity contribution in [2.45, 2.75) is 32.4 Å². The predicted molar refractivity (Wildman–Crippen MR) is 109 cm³/mol. The number of carbonyl (C=O) groups is 1. The van der Waals surface area contributed by atoms with Crippen LogP contribution in [0.25, 0.3) is 0 Å². The van der Waals surface area contributed by atoms with E-state index in [0.29, 0.717) is 24.1 Å². The van der Waals surface area contributed by atoms with Gasteiger partial charge in [0.05, 0.1) is 17.6 Å². The van der Waals surface area contributed by atoms with E-state index in [2.05, 4.69) is 5.32 Å². The first-order chi connectivity index (χ1) is 14.3. The molecule has 0 fully saturated rings. The standard InChI is InChI=1S/C21H26N2O7/c1-3-29-20(25)13-30-19-9-4-15(12-18(19)23(27)28)10-11-22-14(2)21(26)16-5-7-17(24)8-6-16/h4-9,12,14,21-22,24,26H,3,10-11,13H2,1-2H3. The van der Waals surface area contributed by atoms with Crippen LogP contribution in [0.5, 0.6) is 11.5 Å². The van der Waals surface area contributed by atoms with Crippen LogP contribution in [0.1, 0.15) is 31.1 Å². The van der Waals surface area contributed by atoms with E-state index in [-0.39, 0.29) is 29.8 Å². The Morgan fingerprint density at radius 1 is 1.23 bits per heavy atom. The molecule has 0 heterocycles.